The van der Waals surface area contributed by atoms with E-state index >= 15 is 0 Å². The van der Waals surface area contributed by atoms with Crippen molar-refractivity contribution in [2.75, 3.05) is 6.61 Å². The van der Waals surface area contributed by atoms with Crippen LogP contribution in [0.3, 0.4) is 0 Å². The van der Waals surface area contributed by atoms with Crippen molar-refractivity contribution in [2.24, 2.45) is 0 Å². The molecule has 30 heavy (non-hydrogen) atoms. The molecule has 0 fully saturated rings. The van der Waals surface area contributed by atoms with E-state index < -0.39 is 0 Å². The molecule has 0 amide bonds. The third-order valence-corrected chi connectivity index (χ3v) is 5.56. The van der Waals surface area contributed by atoms with E-state index in [4.69, 9.17) is 37.7 Å². The highest BCUT2D eigenvalue weighted by Crippen LogP contribution is 2.28. The molecule has 154 valence electrons. The quantitative estimate of drug-likeness (QED) is 0.314. The standard InChI is InChI=1S/C24H22Cl2N2O2/c1-16-15-20(11-12-21(16)26)30-17(2)24-27-22-5-3-4-6-23(22)28(24)13-14-29-19-9-7-18(25)8-10-19/h3-12,15,17H,13-14H2,1-2H3. The number of ether oxygens (including phenoxy) is 2. The maximum atomic E-state index is 6.19. The predicted octanol–water partition coefficient (Wildman–Crippen LogP) is 6.87. The minimum atomic E-state index is -0.242. The van der Waals surface area contributed by atoms with E-state index in [0.717, 1.165) is 38.9 Å². The molecule has 0 aliphatic rings. The smallest absolute Gasteiger partial charge is 0.153 e. The first-order valence-corrected chi connectivity index (χ1v) is 10.5. The van der Waals surface area contributed by atoms with Crippen LogP contribution in [0.2, 0.25) is 10.0 Å². The molecule has 0 saturated carbocycles. The number of halogens is 2. The summed E-state index contributed by atoms with van der Waals surface area (Å²) in [6.45, 7) is 5.11. The van der Waals surface area contributed by atoms with Gasteiger partial charge in [0.1, 0.15) is 18.1 Å². The average molecular weight is 441 g/mol. The van der Waals surface area contributed by atoms with Crippen molar-refractivity contribution in [1.82, 2.24) is 9.55 Å². The number of hydrogen-bond donors (Lipinski definition) is 0. The summed E-state index contributed by atoms with van der Waals surface area (Å²) < 4.78 is 14.2. The Morgan fingerprint density at radius 1 is 0.967 bits per heavy atom. The van der Waals surface area contributed by atoms with E-state index in [1.807, 2.05) is 74.5 Å². The lowest BCUT2D eigenvalue weighted by Gasteiger charge is -2.17. The van der Waals surface area contributed by atoms with Gasteiger partial charge in [-0.25, -0.2) is 4.98 Å². The first-order chi connectivity index (χ1) is 14.5. The fourth-order valence-electron chi connectivity index (χ4n) is 3.37. The molecule has 1 aromatic heterocycles. The molecule has 4 rings (SSSR count). The maximum absolute atomic E-state index is 6.19. The highest BCUT2D eigenvalue weighted by atomic mass is 35.5. The predicted molar refractivity (Wildman–Crippen MR) is 122 cm³/mol. The van der Waals surface area contributed by atoms with Crippen molar-refractivity contribution in [3.63, 3.8) is 0 Å². The van der Waals surface area contributed by atoms with Crippen molar-refractivity contribution in [3.8, 4) is 11.5 Å². The minimum Gasteiger partial charge on any atom is -0.492 e. The van der Waals surface area contributed by atoms with Gasteiger partial charge in [-0.2, -0.15) is 0 Å². The van der Waals surface area contributed by atoms with Gasteiger partial charge in [0.05, 0.1) is 17.6 Å². The van der Waals surface area contributed by atoms with Crippen LogP contribution in [0.4, 0.5) is 0 Å². The molecule has 0 aliphatic heterocycles. The van der Waals surface area contributed by atoms with Gasteiger partial charge in [0.2, 0.25) is 0 Å². The summed E-state index contributed by atoms with van der Waals surface area (Å²) in [5.74, 6) is 2.40. The van der Waals surface area contributed by atoms with Gasteiger partial charge in [-0.3, -0.25) is 0 Å². The number of benzene rings is 3. The molecule has 3 aromatic carbocycles. The van der Waals surface area contributed by atoms with Gasteiger partial charge in [0, 0.05) is 10.0 Å². The number of rotatable bonds is 7. The second-order valence-corrected chi connectivity index (χ2v) is 7.93. The van der Waals surface area contributed by atoms with Gasteiger partial charge in [-0.15, -0.1) is 0 Å². The lowest BCUT2D eigenvalue weighted by Crippen LogP contribution is -2.15. The van der Waals surface area contributed by atoms with Crippen LogP contribution in [0.1, 0.15) is 24.4 Å². The topological polar surface area (TPSA) is 36.3 Å². The molecule has 0 spiro atoms. The average Bonchev–Trinajstić information content (AvgIpc) is 3.11. The van der Waals surface area contributed by atoms with Gasteiger partial charge < -0.3 is 14.0 Å². The van der Waals surface area contributed by atoms with Crippen molar-refractivity contribution in [2.45, 2.75) is 26.5 Å². The summed E-state index contributed by atoms with van der Waals surface area (Å²) in [7, 11) is 0. The molecular weight excluding hydrogens is 419 g/mol. The lowest BCUT2D eigenvalue weighted by atomic mass is 10.2. The van der Waals surface area contributed by atoms with Crippen molar-refractivity contribution < 1.29 is 9.47 Å². The Morgan fingerprint density at radius 3 is 2.47 bits per heavy atom. The van der Waals surface area contributed by atoms with Gasteiger partial charge in [-0.05, 0) is 74.0 Å². The Labute approximate surface area is 186 Å². The van der Waals surface area contributed by atoms with Crippen LogP contribution in [0.15, 0.2) is 66.7 Å². The van der Waals surface area contributed by atoms with Gasteiger partial charge in [0.25, 0.3) is 0 Å². The van der Waals surface area contributed by atoms with E-state index in [-0.39, 0.29) is 6.10 Å². The Morgan fingerprint density at radius 2 is 1.70 bits per heavy atom. The lowest BCUT2D eigenvalue weighted by molar-refractivity contribution is 0.207. The number of aromatic nitrogens is 2. The fourth-order valence-corrected chi connectivity index (χ4v) is 3.62. The first-order valence-electron chi connectivity index (χ1n) is 9.77. The zero-order valence-corrected chi connectivity index (χ0v) is 18.3. The molecule has 4 aromatic rings. The Bertz CT molecular complexity index is 1160. The minimum absolute atomic E-state index is 0.242. The highest BCUT2D eigenvalue weighted by molar-refractivity contribution is 6.31. The fraction of sp³-hybridized carbons (Fsp3) is 0.208. The Balaban J connectivity index is 1.55. The molecule has 1 atom stereocenters. The van der Waals surface area contributed by atoms with Crippen molar-refractivity contribution >= 4 is 34.2 Å². The zero-order chi connectivity index (χ0) is 21.1. The summed E-state index contributed by atoms with van der Waals surface area (Å²) in [6.07, 6.45) is -0.242. The number of para-hydroxylation sites is 2. The number of hydrogen-bond acceptors (Lipinski definition) is 3. The Kier molecular flexibility index (Phi) is 6.16. The molecule has 0 bridgehead atoms. The van der Waals surface area contributed by atoms with Crippen LogP contribution in [-0.2, 0) is 6.54 Å². The number of nitrogens with zero attached hydrogens (tertiary/aromatic N) is 2. The maximum Gasteiger partial charge on any atom is 0.153 e. The van der Waals surface area contributed by atoms with Crippen LogP contribution >= 0.6 is 23.2 Å². The third-order valence-electron chi connectivity index (χ3n) is 4.89. The monoisotopic (exact) mass is 440 g/mol. The number of fused-ring (bicyclic) bond motifs is 1. The van der Waals surface area contributed by atoms with Crippen LogP contribution in [-0.4, -0.2) is 16.2 Å². The first kappa shape index (κ1) is 20.6. The molecule has 0 N–H and O–H groups in total. The van der Waals surface area contributed by atoms with Crippen LogP contribution < -0.4 is 9.47 Å². The second-order valence-electron chi connectivity index (χ2n) is 7.08. The van der Waals surface area contributed by atoms with Gasteiger partial charge in [0.15, 0.2) is 11.9 Å². The van der Waals surface area contributed by atoms with Crippen molar-refractivity contribution in [1.29, 1.82) is 0 Å². The molecule has 0 radical (unpaired) electrons. The summed E-state index contributed by atoms with van der Waals surface area (Å²) in [5.41, 5.74) is 2.96. The molecule has 0 saturated heterocycles. The summed E-state index contributed by atoms with van der Waals surface area (Å²) in [4.78, 5) is 4.82. The second kappa shape index (κ2) is 8.99. The summed E-state index contributed by atoms with van der Waals surface area (Å²) in [6, 6.07) is 21.1. The number of imidazole rings is 1. The van der Waals surface area contributed by atoms with Crippen LogP contribution in [0, 0.1) is 6.92 Å². The number of aryl methyl sites for hydroxylation is 1. The SMILES string of the molecule is Cc1cc(OC(C)c2nc3ccccc3n2CCOc2ccc(Cl)cc2)ccc1Cl. The molecule has 4 nitrogen and oxygen atoms in total. The van der Waals surface area contributed by atoms with E-state index in [1.54, 1.807) is 0 Å². The van der Waals surface area contributed by atoms with Crippen LogP contribution in [0.5, 0.6) is 11.5 Å². The van der Waals surface area contributed by atoms with E-state index in [1.165, 1.54) is 0 Å². The van der Waals surface area contributed by atoms with Crippen LogP contribution in [0.25, 0.3) is 11.0 Å². The van der Waals surface area contributed by atoms with Gasteiger partial charge >= 0.3 is 0 Å². The summed E-state index contributed by atoms with van der Waals surface area (Å²) in [5, 5.41) is 1.41. The van der Waals surface area contributed by atoms with E-state index in [2.05, 4.69) is 10.6 Å². The van der Waals surface area contributed by atoms with E-state index in [0.29, 0.717) is 18.2 Å². The molecule has 0 aliphatic carbocycles. The summed E-state index contributed by atoms with van der Waals surface area (Å²) >= 11 is 12.1. The Hall–Kier alpha value is -2.69. The molecule has 1 heterocycles. The van der Waals surface area contributed by atoms with E-state index in [9.17, 15) is 0 Å². The highest BCUT2D eigenvalue weighted by Gasteiger charge is 2.18. The molecular formula is C24H22Cl2N2O2. The zero-order valence-electron chi connectivity index (χ0n) is 16.8. The largest absolute Gasteiger partial charge is 0.492 e. The van der Waals surface area contributed by atoms with Crippen molar-refractivity contribution in [3.05, 3.63) is 88.2 Å². The van der Waals surface area contributed by atoms with Gasteiger partial charge in [-0.1, -0.05) is 35.3 Å². The third kappa shape index (κ3) is 4.55. The normalized spacial score (nSPS) is 12.1. The molecule has 6 heteroatoms. The molecule has 1 unspecified atom stereocenters.